The number of nitrogens with zero attached hydrogens (tertiary/aromatic N) is 1. The predicted octanol–water partition coefficient (Wildman–Crippen LogP) is 3.04. The quantitative estimate of drug-likeness (QED) is 0.892. The molecule has 0 spiro atoms. The summed E-state index contributed by atoms with van der Waals surface area (Å²) in [5.41, 5.74) is 3.90. The molecule has 0 radical (unpaired) electrons. The molecule has 18 heavy (non-hydrogen) atoms. The number of aryl methyl sites for hydroxylation is 1. The van der Waals surface area contributed by atoms with Crippen molar-refractivity contribution in [3.63, 3.8) is 0 Å². The van der Waals surface area contributed by atoms with Gasteiger partial charge in [-0.1, -0.05) is 26.0 Å². The molecule has 1 aromatic rings. The summed E-state index contributed by atoms with van der Waals surface area (Å²) in [6.07, 6.45) is 2.14. The first-order valence-electron chi connectivity index (χ1n) is 6.56. The fraction of sp³-hybridized carbons (Fsp3) is 0.533. The highest BCUT2D eigenvalue weighted by molar-refractivity contribution is 5.69. The summed E-state index contributed by atoms with van der Waals surface area (Å²) >= 11 is 0. The maximum absolute atomic E-state index is 10.8. The van der Waals surface area contributed by atoms with Crippen LogP contribution in [0.2, 0.25) is 0 Å². The van der Waals surface area contributed by atoms with Crippen molar-refractivity contribution in [2.45, 2.75) is 45.1 Å². The molecule has 1 aliphatic rings. The Morgan fingerprint density at radius 1 is 1.50 bits per heavy atom. The minimum absolute atomic E-state index is 0.125. The maximum Gasteiger partial charge on any atom is 0.305 e. The Morgan fingerprint density at radius 2 is 2.22 bits per heavy atom. The second-order valence-electron chi connectivity index (χ2n) is 5.44. The van der Waals surface area contributed by atoms with E-state index in [0.717, 1.165) is 12.8 Å². The molecule has 3 nitrogen and oxygen atoms in total. The van der Waals surface area contributed by atoms with Crippen LogP contribution >= 0.6 is 0 Å². The Bertz CT molecular complexity index is 454. The van der Waals surface area contributed by atoms with Crippen LogP contribution in [0.15, 0.2) is 18.2 Å². The minimum atomic E-state index is -0.714. The molecule has 1 aromatic carbocycles. The van der Waals surface area contributed by atoms with Gasteiger partial charge in [-0.3, -0.25) is 4.79 Å². The van der Waals surface area contributed by atoms with Crippen molar-refractivity contribution in [2.24, 2.45) is 0 Å². The molecule has 1 unspecified atom stereocenters. The smallest absolute Gasteiger partial charge is 0.305 e. The summed E-state index contributed by atoms with van der Waals surface area (Å²) in [5, 5.41) is 8.92. The third-order valence-corrected chi connectivity index (χ3v) is 3.86. The summed E-state index contributed by atoms with van der Waals surface area (Å²) in [7, 11) is 2.00. The molecular weight excluding hydrogens is 226 g/mol. The van der Waals surface area contributed by atoms with Crippen LogP contribution in [-0.4, -0.2) is 24.2 Å². The first-order valence-corrected chi connectivity index (χ1v) is 6.56. The number of carbonyl (C=O) groups is 1. The van der Waals surface area contributed by atoms with Gasteiger partial charge in [0.05, 0.1) is 6.42 Å². The number of aliphatic carboxylic acids is 1. The van der Waals surface area contributed by atoms with Crippen molar-refractivity contribution in [2.75, 3.05) is 11.9 Å². The van der Waals surface area contributed by atoms with Crippen LogP contribution in [0.3, 0.4) is 0 Å². The molecule has 0 aliphatic carbocycles. The number of rotatable bonds is 3. The Labute approximate surface area is 108 Å². The van der Waals surface area contributed by atoms with Crippen molar-refractivity contribution in [3.05, 3.63) is 29.3 Å². The zero-order chi connectivity index (χ0) is 13.3. The number of hydrogen-bond donors (Lipinski definition) is 1. The lowest BCUT2D eigenvalue weighted by Gasteiger charge is -2.35. The van der Waals surface area contributed by atoms with Gasteiger partial charge in [-0.25, -0.2) is 0 Å². The molecule has 98 valence electrons. The number of carboxylic acid groups (broad SMARTS) is 1. The van der Waals surface area contributed by atoms with E-state index in [4.69, 9.17) is 5.11 Å². The van der Waals surface area contributed by atoms with Gasteiger partial charge < -0.3 is 10.0 Å². The Balaban J connectivity index is 2.25. The van der Waals surface area contributed by atoms with Crippen LogP contribution in [0.25, 0.3) is 0 Å². The lowest BCUT2D eigenvalue weighted by molar-refractivity contribution is -0.137. The Kier molecular flexibility index (Phi) is 3.60. The van der Waals surface area contributed by atoms with E-state index >= 15 is 0 Å². The monoisotopic (exact) mass is 247 g/mol. The Hall–Kier alpha value is -1.51. The third-order valence-electron chi connectivity index (χ3n) is 3.86. The van der Waals surface area contributed by atoms with Gasteiger partial charge in [-0.05, 0) is 36.0 Å². The van der Waals surface area contributed by atoms with Gasteiger partial charge in [-0.2, -0.15) is 0 Å². The topological polar surface area (TPSA) is 40.5 Å². The first kappa shape index (κ1) is 12.9. The minimum Gasteiger partial charge on any atom is -0.481 e. The SMILES string of the molecule is CC(C)c1ccc2c(c1)CCC(CC(=O)O)N2C. The lowest BCUT2D eigenvalue weighted by Crippen LogP contribution is -2.37. The van der Waals surface area contributed by atoms with Crippen LogP contribution in [-0.2, 0) is 11.2 Å². The summed E-state index contributed by atoms with van der Waals surface area (Å²) in [6.45, 7) is 4.39. The maximum atomic E-state index is 10.8. The highest BCUT2D eigenvalue weighted by Crippen LogP contribution is 2.32. The predicted molar refractivity (Wildman–Crippen MR) is 73.3 cm³/mol. The van der Waals surface area contributed by atoms with Gasteiger partial charge in [0.1, 0.15) is 0 Å². The van der Waals surface area contributed by atoms with E-state index in [-0.39, 0.29) is 12.5 Å². The number of hydrogen-bond acceptors (Lipinski definition) is 2. The normalized spacial score (nSPS) is 18.9. The van der Waals surface area contributed by atoms with Crippen LogP contribution < -0.4 is 4.90 Å². The largest absolute Gasteiger partial charge is 0.481 e. The van der Waals surface area contributed by atoms with Crippen molar-refractivity contribution >= 4 is 11.7 Å². The van der Waals surface area contributed by atoms with Gasteiger partial charge in [0.25, 0.3) is 0 Å². The first-order chi connectivity index (χ1) is 8.49. The molecule has 0 aromatic heterocycles. The fourth-order valence-electron chi connectivity index (χ4n) is 2.66. The van der Waals surface area contributed by atoms with Crippen molar-refractivity contribution in [1.82, 2.24) is 0 Å². The second-order valence-corrected chi connectivity index (χ2v) is 5.44. The van der Waals surface area contributed by atoms with E-state index in [0.29, 0.717) is 5.92 Å². The number of fused-ring (bicyclic) bond motifs is 1. The zero-order valence-electron chi connectivity index (χ0n) is 11.3. The van der Waals surface area contributed by atoms with Crippen molar-refractivity contribution in [3.8, 4) is 0 Å². The molecule has 0 saturated heterocycles. The highest BCUT2D eigenvalue weighted by atomic mass is 16.4. The van der Waals surface area contributed by atoms with E-state index in [1.807, 2.05) is 7.05 Å². The second kappa shape index (κ2) is 5.01. The molecule has 1 heterocycles. The van der Waals surface area contributed by atoms with Crippen molar-refractivity contribution in [1.29, 1.82) is 0 Å². The van der Waals surface area contributed by atoms with Crippen LogP contribution in [0.1, 0.15) is 43.7 Å². The molecule has 1 aliphatic heterocycles. The van der Waals surface area contributed by atoms with Gasteiger partial charge in [0, 0.05) is 18.8 Å². The van der Waals surface area contributed by atoms with E-state index in [2.05, 4.69) is 36.9 Å². The van der Waals surface area contributed by atoms with Crippen LogP contribution in [0.5, 0.6) is 0 Å². The molecular formula is C15H21NO2. The molecule has 3 heteroatoms. The van der Waals surface area contributed by atoms with Crippen LogP contribution in [0.4, 0.5) is 5.69 Å². The molecule has 1 atom stereocenters. The van der Waals surface area contributed by atoms with E-state index < -0.39 is 5.97 Å². The molecule has 2 rings (SSSR count). The third kappa shape index (κ3) is 2.50. The molecule has 0 bridgehead atoms. The van der Waals surface area contributed by atoms with E-state index in [1.165, 1.54) is 16.8 Å². The zero-order valence-corrected chi connectivity index (χ0v) is 11.3. The van der Waals surface area contributed by atoms with Gasteiger partial charge in [-0.15, -0.1) is 0 Å². The summed E-state index contributed by atoms with van der Waals surface area (Å²) in [5.74, 6) is -0.175. The fourth-order valence-corrected chi connectivity index (χ4v) is 2.66. The summed E-state index contributed by atoms with van der Waals surface area (Å²) < 4.78 is 0. The summed E-state index contributed by atoms with van der Waals surface area (Å²) in [6, 6.07) is 6.69. The average molecular weight is 247 g/mol. The standard InChI is InChI=1S/C15H21NO2/c1-10(2)11-5-7-14-12(8-11)4-6-13(16(14)3)9-15(17)18/h5,7-8,10,13H,4,6,9H2,1-3H3,(H,17,18). The molecule has 1 N–H and O–H groups in total. The van der Waals surface area contributed by atoms with Gasteiger partial charge in [0.2, 0.25) is 0 Å². The van der Waals surface area contributed by atoms with Gasteiger partial charge in [0.15, 0.2) is 0 Å². The van der Waals surface area contributed by atoms with E-state index in [9.17, 15) is 4.79 Å². The molecule has 0 fully saturated rings. The van der Waals surface area contributed by atoms with Crippen molar-refractivity contribution < 1.29 is 9.90 Å². The number of carboxylic acids is 1. The molecule has 0 amide bonds. The van der Waals surface area contributed by atoms with E-state index in [1.54, 1.807) is 0 Å². The number of anilines is 1. The number of benzene rings is 1. The van der Waals surface area contributed by atoms with Gasteiger partial charge >= 0.3 is 5.97 Å². The van der Waals surface area contributed by atoms with Crippen LogP contribution in [0, 0.1) is 0 Å². The summed E-state index contributed by atoms with van der Waals surface area (Å²) in [4.78, 5) is 13.0. The highest BCUT2D eigenvalue weighted by Gasteiger charge is 2.25. The molecule has 0 saturated carbocycles. The Morgan fingerprint density at radius 3 is 2.83 bits per heavy atom. The lowest BCUT2D eigenvalue weighted by atomic mass is 9.91. The average Bonchev–Trinajstić information content (AvgIpc) is 2.32.